The third-order valence-electron chi connectivity index (χ3n) is 3.64. The second-order valence-corrected chi connectivity index (χ2v) is 5.20. The van der Waals surface area contributed by atoms with E-state index in [9.17, 15) is 32.7 Å². The van der Waals surface area contributed by atoms with E-state index in [2.05, 4.69) is 0 Å². The first-order valence-electron chi connectivity index (χ1n) is 6.98. The summed E-state index contributed by atoms with van der Waals surface area (Å²) in [5, 5.41) is 10.8. The highest BCUT2D eigenvalue weighted by Crippen LogP contribution is 2.29. The van der Waals surface area contributed by atoms with Crippen molar-refractivity contribution in [1.29, 1.82) is 0 Å². The maximum absolute atomic E-state index is 12.6. The lowest BCUT2D eigenvalue weighted by Crippen LogP contribution is -2.32. The minimum Gasteiger partial charge on any atom is -0.478 e. The lowest BCUT2D eigenvalue weighted by molar-refractivity contribution is -0.167. The van der Waals surface area contributed by atoms with Gasteiger partial charge in [0, 0.05) is 11.3 Å². The maximum atomic E-state index is 12.6. The van der Waals surface area contributed by atoms with E-state index < -0.39 is 35.3 Å². The van der Waals surface area contributed by atoms with Gasteiger partial charge in [-0.25, -0.2) is 4.79 Å². The number of anilines is 1. The maximum Gasteiger partial charge on any atom is 0.471 e. The number of aromatic nitrogens is 1. The van der Waals surface area contributed by atoms with Crippen LogP contribution in [0.5, 0.6) is 0 Å². The van der Waals surface area contributed by atoms with Crippen LogP contribution < -0.4 is 5.32 Å². The molecule has 2 rings (SSSR count). The van der Waals surface area contributed by atoms with Crippen molar-refractivity contribution in [2.24, 2.45) is 0 Å². The number of halogens is 3. The Balaban J connectivity index is 2.67. The molecule has 6 nitrogen and oxygen atoms in total. The largest absolute Gasteiger partial charge is 0.478 e. The Kier molecular flexibility index (Phi) is 4.69. The third-order valence-corrected chi connectivity index (χ3v) is 3.64. The van der Waals surface area contributed by atoms with Crippen LogP contribution in [0.2, 0.25) is 0 Å². The van der Waals surface area contributed by atoms with E-state index in [1.165, 1.54) is 31.3 Å². The van der Waals surface area contributed by atoms with Gasteiger partial charge in [-0.3, -0.25) is 14.2 Å². The summed E-state index contributed by atoms with van der Waals surface area (Å²) in [6.45, 7) is 2.72. The molecule has 0 unspecified atom stereocenters. The standard InChI is InChI=1S/C16H13F3N2O4/c1-8-9(2)21(13(22)10-6-4-3-5-7-10)12(11(8)14(23)24)20-15(25)16(17,18)19/h3-7H,1-2H3,(H,20,25)(H,23,24). The highest BCUT2D eigenvalue weighted by Gasteiger charge is 2.41. The van der Waals surface area contributed by atoms with Crippen LogP contribution in [-0.4, -0.2) is 33.6 Å². The van der Waals surface area contributed by atoms with Gasteiger partial charge in [-0.05, 0) is 31.5 Å². The SMILES string of the molecule is Cc1c(C(=O)O)c(NC(=O)C(F)(F)F)n(C(=O)c2ccccc2)c1C. The summed E-state index contributed by atoms with van der Waals surface area (Å²) >= 11 is 0. The molecule has 0 radical (unpaired) electrons. The van der Waals surface area contributed by atoms with E-state index in [1.54, 1.807) is 18.2 Å². The minimum absolute atomic E-state index is 0.0780. The van der Waals surface area contributed by atoms with Crippen LogP contribution >= 0.6 is 0 Å². The molecule has 9 heteroatoms. The van der Waals surface area contributed by atoms with E-state index in [0.29, 0.717) is 0 Å². The number of nitrogens with zero attached hydrogens (tertiary/aromatic N) is 1. The predicted molar refractivity (Wildman–Crippen MR) is 81.7 cm³/mol. The van der Waals surface area contributed by atoms with Crippen molar-refractivity contribution in [2.75, 3.05) is 5.32 Å². The van der Waals surface area contributed by atoms with Gasteiger partial charge < -0.3 is 10.4 Å². The molecule has 1 amide bonds. The van der Waals surface area contributed by atoms with Crippen LogP contribution in [0.15, 0.2) is 30.3 Å². The number of carbonyl (C=O) groups excluding carboxylic acids is 2. The van der Waals surface area contributed by atoms with E-state index in [0.717, 1.165) is 4.57 Å². The number of benzene rings is 1. The zero-order valence-corrected chi connectivity index (χ0v) is 13.1. The first kappa shape index (κ1) is 18.2. The zero-order valence-electron chi connectivity index (χ0n) is 13.1. The molecule has 0 bridgehead atoms. The Bertz CT molecular complexity index is 855. The molecule has 0 aliphatic rings. The number of amides is 1. The molecular weight excluding hydrogens is 341 g/mol. The molecule has 0 saturated heterocycles. The molecule has 0 aliphatic carbocycles. The number of carbonyl (C=O) groups is 3. The summed E-state index contributed by atoms with van der Waals surface area (Å²) in [5.41, 5.74) is -0.252. The molecule has 2 N–H and O–H groups in total. The van der Waals surface area contributed by atoms with Gasteiger partial charge in [0.05, 0.1) is 0 Å². The first-order chi connectivity index (χ1) is 11.6. The summed E-state index contributed by atoms with van der Waals surface area (Å²) in [6, 6.07) is 7.58. The van der Waals surface area contributed by atoms with E-state index in [4.69, 9.17) is 0 Å². The average molecular weight is 354 g/mol. The fraction of sp³-hybridized carbons (Fsp3) is 0.188. The van der Waals surface area contributed by atoms with Gasteiger partial charge in [0.25, 0.3) is 5.91 Å². The summed E-state index contributed by atoms with van der Waals surface area (Å²) in [5.74, 6) is -5.41. The van der Waals surface area contributed by atoms with Crippen LogP contribution in [0.25, 0.3) is 0 Å². The van der Waals surface area contributed by atoms with Crippen LogP contribution in [-0.2, 0) is 4.79 Å². The first-order valence-corrected chi connectivity index (χ1v) is 6.98. The average Bonchev–Trinajstić information content (AvgIpc) is 2.77. The van der Waals surface area contributed by atoms with Gasteiger partial charge in [0.1, 0.15) is 11.4 Å². The van der Waals surface area contributed by atoms with Gasteiger partial charge in [-0.1, -0.05) is 18.2 Å². The van der Waals surface area contributed by atoms with E-state index in [1.807, 2.05) is 0 Å². The van der Waals surface area contributed by atoms with Crippen molar-refractivity contribution in [2.45, 2.75) is 20.0 Å². The molecule has 0 fully saturated rings. The fourth-order valence-electron chi connectivity index (χ4n) is 2.33. The molecule has 2 aromatic rings. The normalized spacial score (nSPS) is 11.2. The summed E-state index contributed by atoms with van der Waals surface area (Å²) in [7, 11) is 0. The topological polar surface area (TPSA) is 88.4 Å². The summed E-state index contributed by atoms with van der Waals surface area (Å²) in [6.07, 6.45) is -5.23. The molecule has 1 aromatic carbocycles. The zero-order chi connectivity index (χ0) is 18.9. The number of carboxylic acid groups (broad SMARTS) is 1. The van der Waals surface area contributed by atoms with Crippen molar-refractivity contribution in [3.8, 4) is 0 Å². The number of nitrogens with one attached hydrogen (secondary N) is 1. The number of hydrogen-bond acceptors (Lipinski definition) is 3. The van der Waals surface area contributed by atoms with Gasteiger partial charge in [0.2, 0.25) is 0 Å². The predicted octanol–water partition coefficient (Wildman–Crippen LogP) is 2.99. The summed E-state index contributed by atoms with van der Waals surface area (Å²) < 4.78 is 38.5. The molecule has 132 valence electrons. The van der Waals surface area contributed by atoms with Crippen molar-refractivity contribution in [3.63, 3.8) is 0 Å². The molecule has 1 heterocycles. The Morgan fingerprint density at radius 2 is 1.64 bits per heavy atom. The van der Waals surface area contributed by atoms with Crippen LogP contribution in [0, 0.1) is 13.8 Å². The van der Waals surface area contributed by atoms with E-state index in [-0.39, 0.29) is 16.8 Å². The Hall–Kier alpha value is -3.10. The fourth-order valence-corrected chi connectivity index (χ4v) is 2.33. The van der Waals surface area contributed by atoms with Crippen molar-refractivity contribution in [3.05, 3.63) is 52.7 Å². The van der Waals surface area contributed by atoms with Crippen LogP contribution in [0.4, 0.5) is 19.0 Å². The van der Waals surface area contributed by atoms with Crippen LogP contribution in [0.1, 0.15) is 32.0 Å². The number of aromatic carboxylic acids is 1. The Morgan fingerprint density at radius 3 is 2.12 bits per heavy atom. The molecular formula is C16H13F3N2O4. The molecule has 25 heavy (non-hydrogen) atoms. The lowest BCUT2D eigenvalue weighted by Gasteiger charge is -2.13. The lowest BCUT2D eigenvalue weighted by atomic mass is 10.1. The highest BCUT2D eigenvalue weighted by molar-refractivity contribution is 6.08. The minimum atomic E-state index is -5.23. The third kappa shape index (κ3) is 3.39. The monoisotopic (exact) mass is 354 g/mol. The number of rotatable bonds is 3. The van der Waals surface area contributed by atoms with Gasteiger partial charge >= 0.3 is 18.1 Å². The Labute approximate surface area is 139 Å². The van der Waals surface area contributed by atoms with E-state index >= 15 is 0 Å². The number of carboxylic acids is 1. The van der Waals surface area contributed by atoms with Gasteiger partial charge in [-0.15, -0.1) is 0 Å². The van der Waals surface area contributed by atoms with Crippen molar-refractivity contribution >= 4 is 23.6 Å². The second kappa shape index (κ2) is 6.42. The quantitative estimate of drug-likeness (QED) is 0.887. The van der Waals surface area contributed by atoms with Gasteiger partial charge in [0.15, 0.2) is 0 Å². The Morgan fingerprint density at radius 1 is 1.08 bits per heavy atom. The molecule has 0 saturated carbocycles. The van der Waals surface area contributed by atoms with Crippen molar-refractivity contribution < 1.29 is 32.7 Å². The highest BCUT2D eigenvalue weighted by atomic mass is 19.4. The summed E-state index contributed by atoms with van der Waals surface area (Å²) in [4.78, 5) is 35.4. The van der Waals surface area contributed by atoms with Crippen LogP contribution in [0.3, 0.4) is 0 Å². The van der Waals surface area contributed by atoms with Crippen molar-refractivity contribution in [1.82, 2.24) is 4.57 Å². The number of alkyl halides is 3. The molecule has 1 aromatic heterocycles. The molecule has 0 atom stereocenters. The second-order valence-electron chi connectivity index (χ2n) is 5.20. The number of hydrogen-bond donors (Lipinski definition) is 2. The smallest absolute Gasteiger partial charge is 0.471 e. The van der Waals surface area contributed by atoms with Gasteiger partial charge in [-0.2, -0.15) is 13.2 Å². The molecule has 0 aliphatic heterocycles. The molecule has 0 spiro atoms.